The number of benzene rings is 1. The minimum Gasteiger partial charge on any atom is -0.491 e. The Balaban J connectivity index is 1.36. The maximum atomic E-state index is 11.8. The molecule has 6 nitrogen and oxygen atoms in total. The fraction of sp³-hybridized carbons (Fsp3) is 0.389. The van der Waals surface area contributed by atoms with Gasteiger partial charge in [-0.05, 0) is 49.2 Å². The Morgan fingerprint density at radius 1 is 1.25 bits per heavy atom. The topological polar surface area (TPSA) is 72.7 Å². The molecule has 0 radical (unpaired) electrons. The number of hydrogen-bond acceptors (Lipinski definition) is 5. The normalized spacial score (nSPS) is 16.8. The molecule has 1 unspecified atom stereocenters. The van der Waals surface area contributed by atoms with Gasteiger partial charge >= 0.3 is 0 Å². The average molecular weight is 330 g/mol. The fourth-order valence-corrected chi connectivity index (χ4v) is 2.48. The van der Waals surface area contributed by atoms with Gasteiger partial charge in [-0.2, -0.15) is 0 Å². The number of carbonyl (C=O) groups is 1. The molecular weight excluding hydrogens is 308 g/mol. The maximum absolute atomic E-state index is 11.8. The molecule has 0 spiro atoms. The van der Waals surface area contributed by atoms with Crippen LogP contribution in [0.25, 0.3) is 0 Å². The van der Waals surface area contributed by atoms with Crippen molar-refractivity contribution in [2.75, 3.05) is 25.1 Å². The molecule has 1 fully saturated rings. The molecule has 1 saturated heterocycles. The Morgan fingerprint density at radius 3 is 2.83 bits per heavy atom. The third-order valence-electron chi connectivity index (χ3n) is 3.81. The van der Waals surface area contributed by atoms with Crippen molar-refractivity contribution in [2.24, 2.45) is 0 Å². The smallest absolute Gasteiger partial charge is 0.239 e. The van der Waals surface area contributed by atoms with Crippen LogP contribution >= 0.6 is 0 Å². The van der Waals surface area contributed by atoms with Crippen LogP contribution in [0.5, 0.6) is 5.75 Å². The van der Waals surface area contributed by atoms with Crippen LogP contribution in [0.2, 0.25) is 0 Å². The minimum absolute atomic E-state index is 0.0925. The number of hydrogen-bond donors (Lipinski definition) is 2. The summed E-state index contributed by atoms with van der Waals surface area (Å²) in [7, 11) is 0. The SMILES string of the molecule is O=C(CNc1ccc(OCC2CCCO2)cc1)NCc1ccco1. The quantitative estimate of drug-likeness (QED) is 0.778. The van der Waals surface area contributed by atoms with E-state index in [-0.39, 0.29) is 18.6 Å². The summed E-state index contributed by atoms with van der Waals surface area (Å²) in [5, 5.41) is 5.86. The van der Waals surface area contributed by atoms with E-state index in [4.69, 9.17) is 13.9 Å². The van der Waals surface area contributed by atoms with Crippen LogP contribution in [0, 0.1) is 0 Å². The van der Waals surface area contributed by atoms with Crippen molar-refractivity contribution in [1.29, 1.82) is 0 Å². The Hall–Kier alpha value is -2.47. The molecule has 6 heteroatoms. The zero-order valence-corrected chi connectivity index (χ0v) is 13.5. The second-order valence-electron chi connectivity index (χ2n) is 5.68. The number of ether oxygens (including phenoxy) is 2. The molecule has 1 aliphatic heterocycles. The van der Waals surface area contributed by atoms with Crippen LogP contribution in [-0.4, -0.2) is 31.8 Å². The molecule has 128 valence electrons. The third-order valence-corrected chi connectivity index (χ3v) is 3.81. The first-order chi connectivity index (χ1) is 11.8. The molecule has 0 saturated carbocycles. The molecule has 2 N–H and O–H groups in total. The van der Waals surface area contributed by atoms with Crippen molar-refractivity contribution < 1.29 is 18.7 Å². The highest BCUT2D eigenvalue weighted by molar-refractivity contribution is 5.80. The molecule has 2 aromatic rings. The van der Waals surface area contributed by atoms with E-state index >= 15 is 0 Å². The summed E-state index contributed by atoms with van der Waals surface area (Å²) in [5.41, 5.74) is 0.868. The zero-order chi connectivity index (χ0) is 16.6. The van der Waals surface area contributed by atoms with Crippen LogP contribution in [0.4, 0.5) is 5.69 Å². The number of nitrogens with one attached hydrogen (secondary N) is 2. The van der Waals surface area contributed by atoms with E-state index < -0.39 is 0 Å². The van der Waals surface area contributed by atoms with Gasteiger partial charge in [0.1, 0.15) is 18.1 Å². The van der Waals surface area contributed by atoms with Gasteiger partial charge in [0.05, 0.1) is 25.5 Å². The Kier molecular flexibility index (Phi) is 5.74. The predicted molar refractivity (Wildman–Crippen MR) is 90.0 cm³/mol. The van der Waals surface area contributed by atoms with Crippen molar-refractivity contribution in [1.82, 2.24) is 5.32 Å². The molecular formula is C18H22N2O4. The summed E-state index contributed by atoms with van der Waals surface area (Å²) in [6.07, 6.45) is 3.97. The standard InChI is InChI=1S/C18H22N2O4/c21-18(20-11-16-3-1-9-22-16)12-19-14-5-7-15(8-6-14)24-13-17-4-2-10-23-17/h1,3,5-9,17,19H,2,4,10-13H2,(H,20,21). The van der Waals surface area contributed by atoms with Gasteiger partial charge in [0, 0.05) is 12.3 Å². The Bertz CT molecular complexity index is 619. The summed E-state index contributed by atoms with van der Waals surface area (Å²) in [4.78, 5) is 11.8. The van der Waals surface area contributed by atoms with E-state index in [1.807, 2.05) is 30.3 Å². The van der Waals surface area contributed by atoms with Gasteiger partial charge in [-0.1, -0.05) is 0 Å². The number of rotatable bonds is 8. The lowest BCUT2D eigenvalue weighted by atomic mass is 10.2. The van der Waals surface area contributed by atoms with Gasteiger partial charge < -0.3 is 24.5 Å². The molecule has 3 rings (SSSR count). The van der Waals surface area contributed by atoms with Crippen molar-refractivity contribution in [2.45, 2.75) is 25.5 Å². The molecule has 24 heavy (non-hydrogen) atoms. The summed E-state index contributed by atoms with van der Waals surface area (Å²) in [6, 6.07) is 11.2. The van der Waals surface area contributed by atoms with Gasteiger partial charge in [0.15, 0.2) is 0 Å². The third kappa shape index (κ3) is 5.03. The van der Waals surface area contributed by atoms with Gasteiger partial charge in [0.25, 0.3) is 0 Å². The largest absolute Gasteiger partial charge is 0.491 e. The lowest BCUT2D eigenvalue weighted by Gasteiger charge is -2.12. The van der Waals surface area contributed by atoms with Crippen LogP contribution in [0.15, 0.2) is 47.1 Å². The molecule has 1 aliphatic rings. The summed E-state index contributed by atoms with van der Waals surface area (Å²) < 4.78 is 16.4. The number of anilines is 1. The molecule has 1 amide bonds. The van der Waals surface area contributed by atoms with Crippen molar-refractivity contribution >= 4 is 11.6 Å². The minimum atomic E-state index is -0.0925. The summed E-state index contributed by atoms with van der Waals surface area (Å²) in [5.74, 6) is 1.44. The lowest BCUT2D eigenvalue weighted by molar-refractivity contribution is -0.119. The molecule has 1 aromatic carbocycles. The monoisotopic (exact) mass is 330 g/mol. The fourth-order valence-electron chi connectivity index (χ4n) is 2.48. The summed E-state index contributed by atoms with van der Waals surface area (Å²) in [6.45, 7) is 2.02. The second-order valence-corrected chi connectivity index (χ2v) is 5.68. The van der Waals surface area contributed by atoms with Crippen LogP contribution in [-0.2, 0) is 16.1 Å². The van der Waals surface area contributed by atoms with Gasteiger partial charge in [-0.15, -0.1) is 0 Å². The van der Waals surface area contributed by atoms with Gasteiger partial charge in [-0.3, -0.25) is 4.79 Å². The van der Waals surface area contributed by atoms with Gasteiger partial charge in [-0.25, -0.2) is 0 Å². The molecule has 1 atom stereocenters. The van der Waals surface area contributed by atoms with Crippen LogP contribution in [0.1, 0.15) is 18.6 Å². The number of carbonyl (C=O) groups excluding carboxylic acids is 1. The van der Waals surface area contributed by atoms with E-state index in [1.165, 1.54) is 0 Å². The van der Waals surface area contributed by atoms with Crippen molar-refractivity contribution in [3.63, 3.8) is 0 Å². The number of amides is 1. The highest BCUT2D eigenvalue weighted by atomic mass is 16.5. The van der Waals surface area contributed by atoms with Crippen molar-refractivity contribution in [3.05, 3.63) is 48.4 Å². The van der Waals surface area contributed by atoms with Gasteiger partial charge in [0.2, 0.25) is 5.91 Å². The molecule has 1 aromatic heterocycles. The highest BCUT2D eigenvalue weighted by Gasteiger charge is 2.15. The van der Waals surface area contributed by atoms with Crippen LogP contribution in [0.3, 0.4) is 0 Å². The highest BCUT2D eigenvalue weighted by Crippen LogP contribution is 2.18. The van der Waals surface area contributed by atoms with E-state index in [1.54, 1.807) is 12.3 Å². The first kappa shape index (κ1) is 16.4. The zero-order valence-electron chi connectivity index (χ0n) is 13.5. The molecule has 2 heterocycles. The lowest BCUT2D eigenvalue weighted by Crippen LogP contribution is -2.29. The molecule has 0 aliphatic carbocycles. The maximum Gasteiger partial charge on any atom is 0.239 e. The van der Waals surface area contributed by atoms with E-state index in [0.29, 0.717) is 13.2 Å². The van der Waals surface area contributed by atoms with E-state index in [2.05, 4.69) is 10.6 Å². The van der Waals surface area contributed by atoms with Crippen LogP contribution < -0.4 is 15.4 Å². The van der Waals surface area contributed by atoms with E-state index in [9.17, 15) is 4.79 Å². The summed E-state index contributed by atoms with van der Waals surface area (Å²) >= 11 is 0. The Morgan fingerprint density at radius 2 is 2.12 bits per heavy atom. The molecule has 0 bridgehead atoms. The number of furan rings is 1. The van der Waals surface area contributed by atoms with E-state index in [0.717, 1.165) is 36.6 Å². The first-order valence-corrected chi connectivity index (χ1v) is 8.17. The Labute approximate surface area is 141 Å². The predicted octanol–water partition coefficient (Wildman–Crippen LogP) is 2.57. The second kappa shape index (κ2) is 8.40. The van der Waals surface area contributed by atoms with Crippen molar-refractivity contribution in [3.8, 4) is 5.75 Å². The first-order valence-electron chi connectivity index (χ1n) is 8.17. The average Bonchev–Trinajstić information content (AvgIpc) is 3.30.